The summed E-state index contributed by atoms with van der Waals surface area (Å²) >= 11 is 0. The quantitative estimate of drug-likeness (QED) is 0.852. The largest absolute Gasteiger partial charge is 0.481 e. The molecule has 0 bridgehead atoms. The number of likely N-dealkylation sites (tertiary alicyclic amines) is 1. The van der Waals surface area contributed by atoms with Crippen LogP contribution in [0.3, 0.4) is 0 Å². The monoisotopic (exact) mass is 309 g/mol. The van der Waals surface area contributed by atoms with E-state index >= 15 is 0 Å². The van der Waals surface area contributed by atoms with Gasteiger partial charge in [-0.15, -0.1) is 0 Å². The molecule has 1 unspecified atom stereocenters. The summed E-state index contributed by atoms with van der Waals surface area (Å²) in [6, 6.07) is 1.63. The summed E-state index contributed by atoms with van der Waals surface area (Å²) in [6.07, 6.45) is 2.71. The first kappa shape index (κ1) is 16.3. The van der Waals surface area contributed by atoms with Crippen LogP contribution in [0, 0.1) is 0 Å². The first-order valence-corrected chi connectivity index (χ1v) is 7.38. The Balaban J connectivity index is 1.94. The minimum atomic E-state index is -0.495. The molecule has 1 aromatic rings. The van der Waals surface area contributed by atoms with Gasteiger partial charge in [-0.2, -0.15) is 0 Å². The Morgan fingerprint density at radius 2 is 2.05 bits per heavy atom. The van der Waals surface area contributed by atoms with E-state index in [-0.39, 0.29) is 12.2 Å². The fourth-order valence-corrected chi connectivity index (χ4v) is 2.20. The molecular weight excluding hydrogens is 286 g/mol. The smallest absolute Gasteiger partial charge is 0.410 e. The van der Waals surface area contributed by atoms with Gasteiger partial charge in [0.15, 0.2) is 0 Å². The molecule has 7 nitrogen and oxygen atoms in total. The van der Waals surface area contributed by atoms with E-state index in [1.807, 2.05) is 20.8 Å². The molecule has 1 amide bonds. The van der Waals surface area contributed by atoms with E-state index in [9.17, 15) is 4.79 Å². The lowest BCUT2D eigenvalue weighted by Crippen LogP contribution is -2.46. The summed E-state index contributed by atoms with van der Waals surface area (Å²) in [5, 5.41) is 0. The zero-order valence-corrected chi connectivity index (χ0v) is 13.5. The molecule has 0 saturated carbocycles. The van der Waals surface area contributed by atoms with Crippen molar-refractivity contribution in [2.75, 3.05) is 20.2 Å². The molecule has 1 saturated heterocycles. The van der Waals surface area contributed by atoms with E-state index in [0.29, 0.717) is 24.8 Å². The van der Waals surface area contributed by atoms with Crippen LogP contribution in [0.1, 0.15) is 33.6 Å². The fourth-order valence-electron chi connectivity index (χ4n) is 2.20. The summed E-state index contributed by atoms with van der Waals surface area (Å²) < 4.78 is 16.3. The van der Waals surface area contributed by atoms with Crippen LogP contribution < -0.4 is 9.47 Å². The highest BCUT2D eigenvalue weighted by atomic mass is 16.6. The highest BCUT2D eigenvalue weighted by molar-refractivity contribution is 5.68. The van der Waals surface area contributed by atoms with Gasteiger partial charge in [-0.1, -0.05) is 0 Å². The standard InChI is InChI=1S/C15H23N3O4/c1-15(2,3)22-14(19)18-7-5-6-11(9-18)21-13-8-12(20-4)16-10-17-13/h8,10-11H,5-7,9H2,1-4H3. The van der Waals surface area contributed by atoms with Gasteiger partial charge in [-0.05, 0) is 33.6 Å². The van der Waals surface area contributed by atoms with Crippen LogP contribution in [0.15, 0.2) is 12.4 Å². The van der Waals surface area contributed by atoms with Crippen LogP contribution in [0.2, 0.25) is 0 Å². The Morgan fingerprint density at radius 3 is 2.73 bits per heavy atom. The predicted molar refractivity (Wildman–Crippen MR) is 80.0 cm³/mol. The molecular formula is C15H23N3O4. The number of rotatable bonds is 3. The molecule has 0 aliphatic carbocycles. The third kappa shape index (κ3) is 4.75. The minimum absolute atomic E-state index is 0.110. The van der Waals surface area contributed by atoms with Gasteiger partial charge < -0.3 is 19.1 Å². The summed E-state index contributed by atoms with van der Waals surface area (Å²) in [6.45, 7) is 6.74. The van der Waals surface area contributed by atoms with Gasteiger partial charge >= 0.3 is 6.09 Å². The van der Waals surface area contributed by atoms with E-state index in [0.717, 1.165) is 12.8 Å². The Kier molecular flexibility index (Phi) is 5.05. The van der Waals surface area contributed by atoms with Gasteiger partial charge in [0.05, 0.1) is 19.7 Å². The number of amides is 1. The van der Waals surface area contributed by atoms with Crippen LogP contribution in [-0.4, -0.2) is 52.9 Å². The first-order chi connectivity index (χ1) is 10.4. The number of aromatic nitrogens is 2. The maximum atomic E-state index is 12.1. The third-order valence-electron chi connectivity index (χ3n) is 3.14. The van der Waals surface area contributed by atoms with Crippen molar-refractivity contribution in [2.24, 2.45) is 0 Å². The predicted octanol–water partition coefficient (Wildman–Crippen LogP) is 2.26. The van der Waals surface area contributed by atoms with Crippen molar-refractivity contribution >= 4 is 6.09 Å². The zero-order valence-electron chi connectivity index (χ0n) is 13.5. The molecule has 0 aromatic carbocycles. The maximum Gasteiger partial charge on any atom is 0.410 e. The summed E-state index contributed by atoms with van der Waals surface area (Å²) in [5.74, 6) is 0.896. The summed E-state index contributed by atoms with van der Waals surface area (Å²) in [7, 11) is 1.54. The van der Waals surface area contributed by atoms with Crippen molar-refractivity contribution in [3.05, 3.63) is 12.4 Å². The average Bonchev–Trinajstić information content (AvgIpc) is 2.46. The van der Waals surface area contributed by atoms with Gasteiger partial charge in [0.1, 0.15) is 18.0 Å². The lowest BCUT2D eigenvalue weighted by molar-refractivity contribution is 0.00716. The second-order valence-corrected chi connectivity index (χ2v) is 6.21. The van der Waals surface area contributed by atoms with E-state index < -0.39 is 5.60 Å². The highest BCUT2D eigenvalue weighted by Crippen LogP contribution is 2.20. The lowest BCUT2D eigenvalue weighted by atomic mass is 10.1. The summed E-state index contributed by atoms with van der Waals surface area (Å²) in [4.78, 5) is 21.8. The average molecular weight is 309 g/mol. The number of hydrogen-bond acceptors (Lipinski definition) is 6. The van der Waals surface area contributed by atoms with Crippen molar-refractivity contribution < 1.29 is 19.0 Å². The zero-order chi connectivity index (χ0) is 16.2. The van der Waals surface area contributed by atoms with Crippen LogP contribution in [0.4, 0.5) is 4.79 Å². The van der Waals surface area contributed by atoms with E-state index in [1.165, 1.54) is 13.4 Å². The van der Waals surface area contributed by atoms with Gasteiger partial charge in [0, 0.05) is 6.54 Å². The lowest BCUT2D eigenvalue weighted by Gasteiger charge is -2.33. The fraction of sp³-hybridized carbons (Fsp3) is 0.667. The van der Waals surface area contributed by atoms with Gasteiger partial charge in [0.2, 0.25) is 11.8 Å². The van der Waals surface area contributed by atoms with Crippen molar-refractivity contribution in [1.29, 1.82) is 0 Å². The molecule has 1 aliphatic heterocycles. The van der Waals surface area contributed by atoms with E-state index in [1.54, 1.807) is 11.0 Å². The molecule has 1 aromatic heterocycles. The van der Waals surface area contributed by atoms with Crippen LogP contribution >= 0.6 is 0 Å². The number of ether oxygens (including phenoxy) is 3. The molecule has 0 spiro atoms. The molecule has 2 heterocycles. The molecule has 1 aliphatic rings. The number of piperidine rings is 1. The number of nitrogens with zero attached hydrogens (tertiary/aromatic N) is 3. The Bertz CT molecular complexity index is 516. The van der Waals surface area contributed by atoms with Crippen molar-refractivity contribution in [2.45, 2.75) is 45.3 Å². The molecule has 22 heavy (non-hydrogen) atoms. The number of carbonyl (C=O) groups is 1. The van der Waals surface area contributed by atoms with Crippen LogP contribution in [0.5, 0.6) is 11.8 Å². The highest BCUT2D eigenvalue weighted by Gasteiger charge is 2.28. The molecule has 0 N–H and O–H groups in total. The molecule has 1 fully saturated rings. The SMILES string of the molecule is COc1cc(OC2CCCN(C(=O)OC(C)(C)C)C2)ncn1. The molecule has 122 valence electrons. The van der Waals surface area contributed by atoms with Gasteiger partial charge in [-0.3, -0.25) is 0 Å². The Morgan fingerprint density at radius 1 is 1.32 bits per heavy atom. The van der Waals surface area contributed by atoms with Gasteiger partial charge in [-0.25, -0.2) is 14.8 Å². The molecule has 2 rings (SSSR count). The van der Waals surface area contributed by atoms with Crippen molar-refractivity contribution in [3.63, 3.8) is 0 Å². The maximum absolute atomic E-state index is 12.1. The third-order valence-corrected chi connectivity index (χ3v) is 3.14. The second kappa shape index (κ2) is 6.81. The van der Waals surface area contributed by atoms with Crippen molar-refractivity contribution in [3.8, 4) is 11.8 Å². The van der Waals surface area contributed by atoms with Crippen LogP contribution in [0.25, 0.3) is 0 Å². The number of carbonyl (C=O) groups excluding carboxylic acids is 1. The minimum Gasteiger partial charge on any atom is -0.481 e. The number of methoxy groups -OCH3 is 1. The molecule has 0 radical (unpaired) electrons. The van der Waals surface area contributed by atoms with Gasteiger partial charge in [0.25, 0.3) is 0 Å². The molecule has 7 heteroatoms. The van der Waals surface area contributed by atoms with Crippen molar-refractivity contribution in [1.82, 2.24) is 14.9 Å². The normalized spacial score (nSPS) is 18.7. The molecule has 1 atom stereocenters. The first-order valence-electron chi connectivity index (χ1n) is 7.38. The Labute approximate surface area is 130 Å². The van der Waals surface area contributed by atoms with E-state index in [4.69, 9.17) is 14.2 Å². The summed E-state index contributed by atoms with van der Waals surface area (Å²) in [5.41, 5.74) is -0.495. The topological polar surface area (TPSA) is 73.8 Å². The second-order valence-electron chi connectivity index (χ2n) is 6.21. The Hall–Kier alpha value is -2.05. The van der Waals surface area contributed by atoms with E-state index in [2.05, 4.69) is 9.97 Å². The van der Waals surface area contributed by atoms with Crippen LogP contribution in [-0.2, 0) is 4.74 Å². The number of hydrogen-bond donors (Lipinski definition) is 0.